The zero-order valence-corrected chi connectivity index (χ0v) is 42.4. The van der Waals surface area contributed by atoms with E-state index in [1.54, 1.807) is 0 Å². The van der Waals surface area contributed by atoms with Gasteiger partial charge in [0.15, 0.2) is 0 Å². The largest absolute Gasteiger partial charge is 0.308 e. The molecule has 0 aliphatic rings. The summed E-state index contributed by atoms with van der Waals surface area (Å²) in [6.45, 7) is 10.9. The van der Waals surface area contributed by atoms with E-state index < -0.39 is 0 Å². The van der Waals surface area contributed by atoms with Crippen molar-refractivity contribution in [3.8, 4) is 45.1 Å². The Morgan fingerprint density at radius 3 is 1.03 bits per heavy atom. The van der Waals surface area contributed by atoms with Crippen LogP contribution in [0.4, 0.5) is 0 Å². The van der Waals surface area contributed by atoms with Gasteiger partial charge >= 0.3 is 0 Å². The average Bonchev–Trinajstić information content (AvgIpc) is 4.26. The highest BCUT2D eigenvalue weighted by Gasteiger charge is 2.36. The smallest absolute Gasteiger partial charge is 0.0962 e. The lowest BCUT2D eigenvalue weighted by molar-refractivity contribution is 1.03. The molecule has 356 valence electrons. The molecule has 9 aromatic carbocycles. The van der Waals surface area contributed by atoms with Gasteiger partial charge in [0.05, 0.1) is 78.1 Å². The summed E-state index contributed by atoms with van der Waals surface area (Å²) in [7, 11) is 0. The van der Waals surface area contributed by atoms with Crippen molar-refractivity contribution in [2.45, 2.75) is 34.6 Å². The van der Waals surface area contributed by atoms with Crippen molar-refractivity contribution >= 4 is 87.2 Å². The van der Waals surface area contributed by atoms with Gasteiger partial charge in [0.25, 0.3) is 0 Å². The Morgan fingerprint density at radius 1 is 0.280 bits per heavy atom. The van der Waals surface area contributed by atoms with E-state index in [0.717, 1.165) is 95.0 Å². The maximum absolute atomic E-state index is 5.67. The van der Waals surface area contributed by atoms with Gasteiger partial charge in [0.2, 0.25) is 0 Å². The standard InChI is InChI=1S/C69H50N6/c1-41-25-29-60-51(37-41)47-16-6-10-21-56(47)72(60)66-64(46-33-35-70-36-34-46)67(73-57-22-11-7-17-48(57)52-38-42(2)26-30-61(52)73)69(75-59-24-13-9-19-50(59)54-40-44(4)28-32-63(54)75)68(65(66)55-20-14-15-45(5)71-55)74-58-23-12-8-18-49(58)53-39-43(3)27-31-62(53)74/h6-40H,1-5H3. The molecule has 15 rings (SSSR count). The summed E-state index contributed by atoms with van der Waals surface area (Å²) in [5.74, 6) is 0. The number of rotatable bonds is 6. The van der Waals surface area contributed by atoms with Gasteiger partial charge in [0.1, 0.15) is 0 Å². The van der Waals surface area contributed by atoms with Crippen molar-refractivity contribution in [3.63, 3.8) is 0 Å². The lowest BCUT2D eigenvalue weighted by Gasteiger charge is -2.31. The highest BCUT2D eigenvalue weighted by molar-refractivity contribution is 6.18. The van der Waals surface area contributed by atoms with E-state index in [1.807, 2.05) is 12.4 Å². The van der Waals surface area contributed by atoms with Crippen molar-refractivity contribution < 1.29 is 0 Å². The molecule has 0 amide bonds. The zero-order valence-electron chi connectivity index (χ0n) is 42.4. The van der Waals surface area contributed by atoms with E-state index in [0.29, 0.717) is 0 Å². The SMILES string of the molecule is Cc1ccc2c(c1)c1ccccc1n2-c1c(-c2ccncc2)c(-n2c3ccccc3c3cc(C)ccc32)c(-n2c3ccccc3c3cc(C)ccc32)c(-n2c3ccccc3c3cc(C)ccc32)c1-c1cccc(C)n1. The molecule has 6 heteroatoms. The van der Waals surface area contributed by atoms with Gasteiger partial charge in [-0.15, -0.1) is 0 Å². The summed E-state index contributed by atoms with van der Waals surface area (Å²) in [6, 6.07) is 74.6. The average molecular weight is 963 g/mol. The molecule has 0 unspecified atom stereocenters. The summed E-state index contributed by atoms with van der Waals surface area (Å²) in [5, 5.41) is 9.52. The number of hydrogen-bond donors (Lipinski definition) is 0. The normalized spacial score (nSPS) is 12.1. The second-order valence-electron chi connectivity index (χ2n) is 20.5. The molecule has 0 aliphatic carbocycles. The van der Waals surface area contributed by atoms with Gasteiger partial charge in [0, 0.05) is 66.7 Å². The zero-order chi connectivity index (χ0) is 50.2. The van der Waals surface area contributed by atoms with E-state index in [4.69, 9.17) is 9.97 Å². The Kier molecular flexibility index (Phi) is 9.33. The van der Waals surface area contributed by atoms with Crippen molar-refractivity contribution in [2.24, 2.45) is 0 Å². The van der Waals surface area contributed by atoms with Crippen molar-refractivity contribution in [2.75, 3.05) is 0 Å². The van der Waals surface area contributed by atoms with Crippen LogP contribution >= 0.6 is 0 Å². The molecule has 15 aromatic rings. The summed E-state index contributed by atoms with van der Waals surface area (Å²) in [4.78, 5) is 10.4. The van der Waals surface area contributed by atoms with Crippen LogP contribution in [0.1, 0.15) is 27.9 Å². The fraction of sp³-hybridized carbons (Fsp3) is 0.0725. The number of fused-ring (bicyclic) bond motifs is 12. The second-order valence-corrected chi connectivity index (χ2v) is 20.5. The first kappa shape index (κ1) is 43.1. The summed E-state index contributed by atoms with van der Waals surface area (Å²) in [5.41, 5.74) is 22.7. The monoisotopic (exact) mass is 962 g/mol. The highest BCUT2D eigenvalue weighted by atomic mass is 15.1. The van der Waals surface area contributed by atoms with Crippen LogP contribution in [0.15, 0.2) is 213 Å². The number of pyridine rings is 2. The van der Waals surface area contributed by atoms with Crippen LogP contribution in [0.5, 0.6) is 0 Å². The Morgan fingerprint density at radius 2 is 0.627 bits per heavy atom. The summed E-state index contributed by atoms with van der Waals surface area (Å²) in [6.07, 6.45) is 3.90. The van der Waals surface area contributed by atoms with Gasteiger partial charge < -0.3 is 18.3 Å². The third kappa shape index (κ3) is 6.26. The quantitative estimate of drug-likeness (QED) is 0.167. The Hall–Kier alpha value is -9.52. The first-order valence-corrected chi connectivity index (χ1v) is 25.9. The molecule has 6 heterocycles. The molecule has 0 spiro atoms. The molecule has 0 fully saturated rings. The van der Waals surface area contributed by atoms with Crippen LogP contribution in [0.3, 0.4) is 0 Å². The summed E-state index contributed by atoms with van der Waals surface area (Å²) >= 11 is 0. The number of hydrogen-bond acceptors (Lipinski definition) is 2. The highest BCUT2D eigenvalue weighted by Crippen LogP contribution is 2.54. The van der Waals surface area contributed by atoms with Gasteiger partial charge in [-0.25, -0.2) is 0 Å². The lowest BCUT2D eigenvalue weighted by Crippen LogP contribution is -2.16. The van der Waals surface area contributed by atoms with E-state index >= 15 is 0 Å². The van der Waals surface area contributed by atoms with Gasteiger partial charge in [-0.2, -0.15) is 0 Å². The molecular weight excluding hydrogens is 913 g/mol. The minimum absolute atomic E-state index is 0.869. The fourth-order valence-corrected chi connectivity index (χ4v) is 12.6. The first-order valence-electron chi connectivity index (χ1n) is 25.9. The van der Waals surface area contributed by atoms with E-state index in [-0.39, 0.29) is 0 Å². The molecule has 0 N–H and O–H groups in total. The van der Waals surface area contributed by atoms with Crippen molar-refractivity contribution in [1.29, 1.82) is 0 Å². The van der Waals surface area contributed by atoms with Crippen LogP contribution < -0.4 is 0 Å². The maximum atomic E-state index is 5.67. The molecule has 0 saturated carbocycles. The van der Waals surface area contributed by atoms with Gasteiger partial charge in [-0.05, 0) is 137 Å². The van der Waals surface area contributed by atoms with E-state index in [2.05, 4.69) is 253 Å². The van der Waals surface area contributed by atoms with E-state index in [9.17, 15) is 0 Å². The Bertz CT molecular complexity index is 4890. The molecule has 6 aromatic heterocycles. The molecule has 0 atom stereocenters. The predicted octanol–water partition coefficient (Wildman–Crippen LogP) is 17.7. The maximum Gasteiger partial charge on any atom is 0.0962 e. The van der Waals surface area contributed by atoms with E-state index in [1.165, 1.54) is 65.3 Å². The topological polar surface area (TPSA) is 45.5 Å². The Balaban J connectivity index is 1.36. The van der Waals surface area contributed by atoms with Crippen LogP contribution in [0.2, 0.25) is 0 Å². The number of aromatic nitrogens is 6. The third-order valence-corrected chi connectivity index (χ3v) is 15.7. The molecule has 0 bridgehead atoms. The first-order chi connectivity index (χ1) is 36.8. The summed E-state index contributed by atoms with van der Waals surface area (Å²) < 4.78 is 10.3. The Labute approximate surface area is 433 Å². The molecule has 75 heavy (non-hydrogen) atoms. The fourth-order valence-electron chi connectivity index (χ4n) is 12.6. The molecule has 0 saturated heterocycles. The molecule has 0 radical (unpaired) electrons. The molecule has 6 nitrogen and oxygen atoms in total. The van der Waals surface area contributed by atoms with Gasteiger partial charge in [-0.1, -0.05) is 125 Å². The van der Waals surface area contributed by atoms with Crippen LogP contribution in [0.25, 0.3) is 132 Å². The van der Waals surface area contributed by atoms with Gasteiger partial charge in [-0.3, -0.25) is 9.97 Å². The minimum Gasteiger partial charge on any atom is -0.308 e. The number of benzene rings is 9. The van der Waals surface area contributed by atoms with Crippen LogP contribution in [-0.4, -0.2) is 28.2 Å². The predicted molar refractivity (Wildman–Crippen MR) is 314 cm³/mol. The third-order valence-electron chi connectivity index (χ3n) is 15.7. The number of aryl methyl sites for hydroxylation is 5. The number of para-hydroxylation sites is 4. The van der Waals surface area contributed by atoms with Crippen LogP contribution in [-0.2, 0) is 0 Å². The second kappa shape index (κ2) is 16.2. The van der Waals surface area contributed by atoms with Crippen molar-refractivity contribution in [1.82, 2.24) is 28.2 Å². The van der Waals surface area contributed by atoms with Crippen molar-refractivity contribution in [3.05, 3.63) is 241 Å². The van der Waals surface area contributed by atoms with Crippen LogP contribution in [0, 0.1) is 34.6 Å². The lowest BCUT2D eigenvalue weighted by atomic mass is 9.91. The number of nitrogens with zero attached hydrogens (tertiary/aromatic N) is 6. The molecular formula is C69H50N6. The minimum atomic E-state index is 0.869. The molecule has 0 aliphatic heterocycles.